The van der Waals surface area contributed by atoms with Crippen molar-refractivity contribution < 1.29 is 18.3 Å². The van der Waals surface area contributed by atoms with E-state index in [0.29, 0.717) is 11.8 Å². The first-order valence-corrected chi connectivity index (χ1v) is 8.15. The minimum atomic E-state index is -4.76. The summed E-state index contributed by atoms with van der Waals surface area (Å²) in [6.45, 7) is 4.50. The van der Waals surface area contributed by atoms with Crippen LogP contribution >= 0.6 is 0 Å². The van der Waals surface area contributed by atoms with Crippen LogP contribution in [0.5, 0.6) is 0 Å². The number of nitrogens with zero attached hydrogens (tertiary/aromatic N) is 2. The van der Waals surface area contributed by atoms with Gasteiger partial charge in [0.15, 0.2) is 0 Å². The van der Waals surface area contributed by atoms with Gasteiger partial charge in [0.2, 0.25) is 5.60 Å². The van der Waals surface area contributed by atoms with Crippen LogP contribution in [0.3, 0.4) is 0 Å². The summed E-state index contributed by atoms with van der Waals surface area (Å²) in [5.41, 5.74) is -2.92. The fourth-order valence-corrected chi connectivity index (χ4v) is 3.33. The Morgan fingerprint density at radius 1 is 1.30 bits per heavy atom. The van der Waals surface area contributed by atoms with Crippen LogP contribution in [0.4, 0.5) is 13.2 Å². The Bertz CT molecular complexity index is 517. The SMILES string of the molecule is C[C@@H]1CC[C@H](NCC[C@](O)(c2nccn2C)C(F)(F)F)C[C@H]1C. The van der Waals surface area contributed by atoms with Crippen LogP contribution in [0.25, 0.3) is 0 Å². The van der Waals surface area contributed by atoms with Crippen molar-refractivity contribution in [3.8, 4) is 0 Å². The lowest BCUT2D eigenvalue weighted by Crippen LogP contribution is -2.47. The number of imidazole rings is 1. The summed E-state index contributed by atoms with van der Waals surface area (Å²) >= 11 is 0. The molecule has 2 rings (SSSR count). The molecule has 0 amide bonds. The third-order valence-electron chi connectivity index (χ3n) is 5.18. The Kier molecular flexibility index (Phi) is 5.41. The second kappa shape index (κ2) is 6.81. The number of aliphatic hydroxyl groups is 1. The summed E-state index contributed by atoms with van der Waals surface area (Å²) in [6.07, 6.45) is 0.491. The summed E-state index contributed by atoms with van der Waals surface area (Å²) in [5.74, 6) is 0.863. The largest absolute Gasteiger partial charge is 0.424 e. The molecule has 7 heteroatoms. The van der Waals surface area contributed by atoms with E-state index in [1.807, 2.05) is 0 Å². The van der Waals surface area contributed by atoms with Gasteiger partial charge >= 0.3 is 6.18 Å². The molecule has 0 aliphatic heterocycles. The fourth-order valence-electron chi connectivity index (χ4n) is 3.33. The monoisotopic (exact) mass is 333 g/mol. The van der Waals surface area contributed by atoms with E-state index >= 15 is 0 Å². The molecule has 23 heavy (non-hydrogen) atoms. The Morgan fingerprint density at radius 2 is 2.00 bits per heavy atom. The van der Waals surface area contributed by atoms with Gasteiger partial charge in [-0.15, -0.1) is 0 Å². The number of hydrogen-bond donors (Lipinski definition) is 2. The van der Waals surface area contributed by atoms with Crippen LogP contribution in [0, 0.1) is 11.8 Å². The molecule has 1 fully saturated rings. The molecule has 132 valence electrons. The number of aryl methyl sites for hydroxylation is 1. The van der Waals surface area contributed by atoms with E-state index in [0.717, 1.165) is 19.3 Å². The molecule has 4 atom stereocenters. The average molecular weight is 333 g/mol. The maximum Gasteiger partial charge on any atom is 0.424 e. The lowest BCUT2D eigenvalue weighted by Gasteiger charge is -2.34. The molecule has 1 heterocycles. The standard InChI is InChI=1S/C16H26F3N3O/c1-11-4-5-13(10-12(11)2)20-7-6-15(23,16(17,18)19)14-21-8-9-22(14)3/h8-9,11-13,20,23H,4-7,10H2,1-3H3/t11-,12-,13+,15+/m1/s1. The normalized spacial score (nSPS) is 28.6. The quantitative estimate of drug-likeness (QED) is 0.871. The van der Waals surface area contributed by atoms with Gasteiger partial charge in [0.1, 0.15) is 5.82 Å². The van der Waals surface area contributed by atoms with Crippen molar-refractivity contribution in [3.63, 3.8) is 0 Å². The van der Waals surface area contributed by atoms with Gasteiger partial charge in [-0.3, -0.25) is 0 Å². The first-order valence-electron chi connectivity index (χ1n) is 8.15. The zero-order valence-corrected chi connectivity index (χ0v) is 13.9. The molecule has 1 aromatic heterocycles. The highest BCUT2D eigenvalue weighted by molar-refractivity contribution is 5.08. The number of rotatable bonds is 5. The van der Waals surface area contributed by atoms with Crippen molar-refractivity contribution in [1.29, 1.82) is 0 Å². The predicted molar refractivity (Wildman–Crippen MR) is 81.7 cm³/mol. The molecule has 0 unspecified atom stereocenters. The van der Waals surface area contributed by atoms with Crippen LogP contribution in [0.1, 0.15) is 45.4 Å². The Balaban J connectivity index is 1.99. The molecule has 1 aliphatic rings. The lowest BCUT2D eigenvalue weighted by molar-refractivity contribution is -0.272. The molecule has 0 saturated heterocycles. The molecule has 0 bridgehead atoms. The topological polar surface area (TPSA) is 50.1 Å². The van der Waals surface area contributed by atoms with Crippen LogP contribution in [-0.2, 0) is 12.6 Å². The molecule has 1 aliphatic carbocycles. The number of hydrogen-bond acceptors (Lipinski definition) is 3. The van der Waals surface area contributed by atoms with Crippen molar-refractivity contribution in [2.75, 3.05) is 6.54 Å². The molecule has 4 nitrogen and oxygen atoms in total. The molecule has 0 radical (unpaired) electrons. The molecular weight excluding hydrogens is 307 g/mol. The van der Waals surface area contributed by atoms with E-state index in [-0.39, 0.29) is 18.4 Å². The van der Waals surface area contributed by atoms with Gasteiger partial charge in [-0.1, -0.05) is 13.8 Å². The van der Waals surface area contributed by atoms with Crippen LogP contribution in [-0.4, -0.2) is 33.4 Å². The molecule has 2 N–H and O–H groups in total. The second-order valence-electron chi connectivity index (χ2n) is 6.89. The first-order chi connectivity index (χ1) is 10.6. The highest BCUT2D eigenvalue weighted by Gasteiger charge is 2.57. The maximum atomic E-state index is 13.4. The van der Waals surface area contributed by atoms with Gasteiger partial charge in [0, 0.05) is 31.9 Å². The Labute approximate surface area is 135 Å². The van der Waals surface area contributed by atoms with Gasteiger partial charge in [-0.2, -0.15) is 13.2 Å². The van der Waals surface area contributed by atoms with Crippen LogP contribution < -0.4 is 5.32 Å². The molecule has 0 spiro atoms. The van der Waals surface area contributed by atoms with Crippen molar-refractivity contribution in [2.45, 2.75) is 57.3 Å². The smallest absolute Gasteiger partial charge is 0.374 e. The van der Waals surface area contributed by atoms with Crippen LogP contribution in [0.2, 0.25) is 0 Å². The zero-order valence-electron chi connectivity index (χ0n) is 13.9. The first kappa shape index (κ1) is 18.3. The third kappa shape index (κ3) is 3.88. The van der Waals surface area contributed by atoms with Gasteiger partial charge in [-0.05, 0) is 37.6 Å². The Hall–Kier alpha value is -1.08. The Morgan fingerprint density at radius 3 is 2.52 bits per heavy atom. The minimum absolute atomic E-state index is 0.106. The van der Waals surface area contributed by atoms with Gasteiger partial charge in [0.05, 0.1) is 0 Å². The van der Waals surface area contributed by atoms with Crippen molar-refractivity contribution in [2.24, 2.45) is 18.9 Å². The van der Waals surface area contributed by atoms with Crippen molar-refractivity contribution in [1.82, 2.24) is 14.9 Å². The molecular formula is C16H26F3N3O. The van der Waals surface area contributed by atoms with Gasteiger partial charge in [0.25, 0.3) is 0 Å². The van der Waals surface area contributed by atoms with Gasteiger partial charge < -0.3 is 15.0 Å². The van der Waals surface area contributed by atoms with E-state index in [1.54, 1.807) is 0 Å². The predicted octanol–water partition coefficient (Wildman–Crippen LogP) is 2.97. The van der Waals surface area contributed by atoms with E-state index in [9.17, 15) is 18.3 Å². The van der Waals surface area contributed by atoms with Crippen molar-refractivity contribution in [3.05, 3.63) is 18.2 Å². The fraction of sp³-hybridized carbons (Fsp3) is 0.812. The summed E-state index contributed by atoms with van der Waals surface area (Å²) in [7, 11) is 1.46. The van der Waals surface area contributed by atoms with E-state index in [1.165, 1.54) is 24.0 Å². The summed E-state index contributed by atoms with van der Waals surface area (Å²) in [5, 5.41) is 13.4. The number of nitrogens with one attached hydrogen (secondary N) is 1. The average Bonchev–Trinajstić information content (AvgIpc) is 2.88. The molecule has 1 aromatic rings. The summed E-state index contributed by atoms with van der Waals surface area (Å²) < 4.78 is 41.4. The van der Waals surface area contributed by atoms with Gasteiger partial charge in [-0.25, -0.2) is 4.98 Å². The highest BCUT2D eigenvalue weighted by Crippen LogP contribution is 2.40. The summed E-state index contributed by atoms with van der Waals surface area (Å²) in [4.78, 5) is 3.71. The third-order valence-corrected chi connectivity index (χ3v) is 5.18. The van der Waals surface area contributed by atoms with E-state index in [4.69, 9.17) is 0 Å². The van der Waals surface area contributed by atoms with E-state index in [2.05, 4.69) is 24.1 Å². The molecule has 0 aromatic carbocycles. The minimum Gasteiger partial charge on any atom is -0.374 e. The number of alkyl halides is 3. The second-order valence-corrected chi connectivity index (χ2v) is 6.89. The maximum absolute atomic E-state index is 13.4. The summed E-state index contributed by atoms with van der Waals surface area (Å²) in [6, 6.07) is 0.222. The zero-order chi connectivity index (χ0) is 17.3. The highest BCUT2D eigenvalue weighted by atomic mass is 19.4. The lowest BCUT2D eigenvalue weighted by atomic mass is 9.79. The van der Waals surface area contributed by atoms with Crippen molar-refractivity contribution >= 4 is 0 Å². The van der Waals surface area contributed by atoms with Crippen LogP contribution in [0.15, 0.2) is 12.4 Å². The number of aromatic nitrogens is 2. The van der Waals surface area contributed by atoms with E-state index < -0.39 is 18.2 Å². The number of halogens is 3. The molecule has 1 saturated carbocycles.